The summed E-state index contributed by atoms with van der Waals surface area (Å²) in [6.45, 7) is 7.44. The second-order valence-corrected chi connectivity index (χ2v) is 5.00. The third-order valence-electron chi connectivity index (χ3n) is 3.40. The first-order valence-corrected chi connectivity index (χ1v) is 6.91. The molecule has 1 unspecified atom stereocenters. The van der Waals surface area contributed by atoms with E-state index in [9.17, 15) is 0 Å². The van der Waals surface area contributed by atoms with Crippen molar-refractivity contribution in [1.29, 1.82) is 0 Å². The zero-order valence-corrected chi connectivity index (χ0v) is 12.0. The summed E-state index contributed by atoms with van der Waals surface area (Å²) in [5, 5.41) is 3.58. The summed E-state index contributed by atoms with van der Waals surface area (Å²) >= 11 is 0. The van der Waals surface area contributed by atoms with Crippen LogP contribution in [0.3, 0.4) is 0 Å². The summed E-state index contributed by atoms with van der Waals surface area (Å²) in [6.07, 6.45) is 2.79. The fourth-order valence-corrected chi connectivity index (χ4v) is 2.40. The highest BCUT2D eigenvalue weighted by atomic mass is 14.9. The number of nitrogens with one attached hydrogen (secondary N) is 1. The summed E-state index contributed by atoms with van der Waals surface area (Å²) in [4.78, 5) is 4.44. The molecule has 0 radical (unpaired) electrons. The van der Waals surface area contributed by atoms with Crippen molar-refractivity contribution in [2.45, 2.75) is 33.2 Å². The molecule has 2 heteroatoms. The van der Waals surface area contributed by atoms with Gasteiger partial charge in [0.25, 0.3) is 0 Å². The van der Waals surface area contributed by atoms with Crippen molar-refractivity contribution in [2.75, 3.05) is 6.54 Å². The van der Waals surface area contributed by atoms with Crippen LogP contribution in [0, 0.1) is 13.8 Å². The van der Waals surface area contributed by atoms with Crippen molar-refractivity contribution >= 4 is 0 Å². The molecular formula is C17H22N2. The van der Waals surface area contributed by atoms with Crippen molar-refractivity contribution in [3.05, 3.63) is 65.0 Å². The molecule has 19 heavy (non-hydrogen) atoms. The molecule has 0 amide bonds. The van der Waals surface area contributed by atoms with Gasteiger partial charge in [0, 0.05) is 24.4 Å². The maximum Gasteiger partial charge on any atom is 0.0422 e. The van der Waals surface area contributed by atoms with Gasteiger partial charge in [0.2, 0.25) is 0 Å². The average Bonchev–Trinajstić information content (AvgIpc) is 2.42. The Bertz CT molecular complexity index is 520. The third kappa shape index (κ3) is 3.65. The number of benzene rings is 1. The van der Waals surface area contributed by atoms with Crippen LogP contribution < -0.4 is 5.32 Å². The van der Waals surface area contributed by atoms with Crippen LogP contribution in [0.2, 0.25) is 0 Å². The van der Waals surface area contributed by atoms with Gasteiger partial charge in [-0.15, -0.1) is 0 Å². The molecule has 2 aromatic rings. The molecule has 0 spiro atoms. The summed E-state index contributed by atoms with van der Waals surface area (Å²) < 4.78 is 0. The molecule has 1 aromatic heterocycles. The molecule has 0 saturated heterocycles. The monoisotopic (exact) mass is 254 g/mol. The van der Waals surface area contributed by atoms with Crippen LogP contribution in [0.5, 0.6) is 0 Å². The number of pyridine rings is 1. The van der Waals surface area contributed by atoms with Crippen LogP contribution in [0.1, 0.15) is 35.3 Å². The number of hydrogen-bond donors (Lipinski definition) is 1. The normalized spacial score (nSPS) is 12.4. The molecule has 1 aromatic carbocycles. The van der Waals surface area contributed by atoms with E-state index in [2.05, 4.69) is 61.4 Å². The third-order valence-corrected chi connectivity index (χ3v) is 3.40. The zero-order valence-electron chi connectivity index (χ0n) is 12.0. The maximum atomic E-state index is 4.44. The molecule has 1 atom stereocenters. The molecular weight excluding hydrogens is 232 g/mol. The number of likely N-dealkylation sites (N-methyl/N-ethyl adjacent to an activating group) is 1. The Hall–Kier alpha value is -1.67. The predicted molar refractivity (Wildman–Crippen MR) is 80.3 cm³/mol. The van der Waals surface area contributed by atoms with Crippen LogP contribution in [0.15, 0.2) is 42.6 Å². The fourth-order valence-electron chi connectivity index (χ4n) is 2.40. The standard InChI is InChI=1S/C17H22N2/c1-4-18-17(12-15-7-5-6-10-19-15)16-11-13(2)8-9-14(16)3/h5-11,17-18H,4,12H2,1-3H3. The Morgan fingerprint density at radius 2 is 2.00 bits per heavy atom. The molecule has 2 rings (SSSR count). The van der Waals surface area contributed by atoms with E-state index in [0.29, 0.717) is 6.04 Å². The van der Waals surface area contributed by atoms with Gasteiger partial charge in [-0.3, -0.25) is 4.98 Å². The first kappa shape index (κ1) is 13.8. The Morgan fingerprint density at radius 3 is 2.68 bits per heavy atom. The number of rotatable bonds is 5. The van der Waals surface area contributed by atoms with Crippen LogP contribution in [0.4, 0.5) is 0 Å². The highest BCUT2D eigenvalue weighted by molar-refractivity contribution is 5.33. The molecule has 0 saturated carbocycles. The topological polar surface area (TPSA) is 24.9 Å². The predicted octanol–water partition coefficient (Wildman–Crippen LogP) is 3.59. The Kier molecular flexibility index (Phi) is 4.69. The number of aryl methyl sites for hydroxylation is 2. The Labute approximate surface area is 115 Å². The van der Waals surface area contributed by atoms with Gasteiger partial charge in [-0.2, -0.15) is 0 Å². The molecule has 0 fully saturated rings. The van der Waals surface area contributed by atoms with Gasteiger partial charge in [-0.05, 0) is 43.7 Å². The Morgan fingerprint density at radius 1 is 1.16 bits per heavy atom. The number of hydrogen-bond acceptors (Lipinski definition) is 2. The van der Waals surface area contributed by atoms with E-state index < -0.39 is 0 Å². The lowest BCUT2D eigenvalue weighted by Crippen LogP contribution is -2.24. The minimum Gasteiger partial charge on any atom is -0.310 e. The van der Waals surface area contributed by atoms with Crippen molar-refractivity contribution in [1.82, 2.24) is 10.3 Å². The molecule has 0 aliphatic carbocycles. The largest absolute Gasteiger partial charge is 0.310 e. The molecule has 0 aliphatic rings. The molecule has 1 heterocycles. The maximum absolute atomic E-state index is 4.44. The van der Waals surface area contributed by atoms with Crippen molar-refractivity contribution in [3.8, 4) is 0 Å². The first-order chi connectivity index (χ1) is 9.20. The number of aromatic nitrogens is 1. The van der Waals surface area contributed by atoms with E-state index in [4.69, 9.17) is 0 Å². The molecule has 1 N–H and O–H groups in total. The second kappa shape index (κ2) is 6.48. The quantitative estimate of drug-likeness (QED) is 0.882. The number of nitrogens with zero attached hydrogens (tertiary/aromatic N) is 1. The van der Waals surface area contributed by atoms with E-state index >= 15 is 0 Å². The summed E-state index contributed by atoms with van der Waals surface area (Å²) in [5.41, 5.74) is 5.17. The van der Waals surface area contributed by atoms with Crippen molar-refractivity contribution in [2.24, 2.45) is 0 Å². The lowest BCUT2D eigenvalue weighted by Gasteiger charge is -2.20. The summed E-state index contributed by atoms with van der Waals surface area (Å²) in [7, 11) is 0. The minimum atomic E-state index is 0.333. The lowest BCUT2D eigenvalue weighted by molar-refractivity contribution is 0.541. The van der Waals surface area contributed by atoms with Gasteiger partial charge in [0.1, 0.15) is 0 Å². The zero-order chi connectivity index (χ0) is 13.7. The van der Waals surface area contributed by atoms with Crippen LogP contribution in [-0.4, -0.2) is 11.5 Å². The highest BCUT2D eigenvalue weighted by Crippen LogP contribution is 2.22. The van der Waals surface area contributed by atoms with Crippen molar-refractivity contribution < 1.29 is 0 Å². The highest BCUT2D eigenvalue weighted by Gasteiger charge is 2.14. The van der Waals surface area contributed by atoms with Crippen LogP contribution in [0.25, 0.3) is 0 Å². The Balaban J connectivity index is 2.27. The van der Waals surface area contributed by atoms with Gasteiger partial charge in [-0.25, -0.2) is 0 Å². The van der Waals surface area contributed by atoms with Gasteiger partial charge < -0.3 is 5.32 Å². The van der Waals surface area contributed by atoms with Gasteiger partial charge in [-0.1, -0.05) is 36.8 Å². The van der Waals surface area contributed by atoms with Crippen LogP contribution >= 0.6 is 0 Å². The van der Waals surface area contributed by atoms with E-state index in [0.717, 1.165) is 18.7 Å². The van der Waals surface area contributed by atoms with Crippen molar-refractivity contribution in [3.63, 3.8) is 0 Å². The van der Waals surface area contributed by atoms with E-state index in [1.807, 2.05) is 12.3 Å². The van der Waals surface area contributed by atoms with E-state index in [1.165, 1.54) is 16.7 Å². The summed E-state index contributed by atoms with van der Waals surface area (Å²) in [5.74, 6) is 0. The smallest absolute Gasteiger partial charge is 0.0422 e. The molecule has 0 aliphatic heterocycles. The second-order valence-electron chi connectivity index (χ2n) is 5.00. The molecule has 100 valence electrons. The molecule has 0 bridgehead atoms. The molecule has 2 nitrogen and oxygen atoms in total. The van der Waals surface area contributed by atoms with E-state index in [1.54, 1.807) is 0 Å². The van der Waals surface area contributed by atoms with Gasteiger partial charge in [0.15, 0.2) is 0 Å². The van der Waals surface area contributed by atoms with Gasteiger partial charge >= 0.3 is 0 Å². The SMILES string of the molecule is CCNC(Cc1ccccn1)c1cc(C)ccc1C. The summed E-state index contributed by atoms with van der Waals surface area (Å²) in [6, 6.07) is 13.1. The van der Waals surface area contributed by atoms with E-state index in [-0.39, 0.29) is 0 Å². The lowest BCUT2D eigenvalue weighted by atomic mass is 9.95. The average molecular weight is 254 g/mol. The van der Waals surface area contributed by atoms with Gasteiger partial charge in [0.05, 0.1) is 0 Å². The first-order valence-electron chi connectivity index (χ1n) is 6.91. The fraction of sp³-hybridized carbons (Fsp3) is 0.353. The minimum absolute atomic E-state index is 0.333. The van der Waals surface area contributed by atoms with Crippen LogP contribution in [-0.2, 0) is 6.42 Å².